The van der Waals surface area contributed by atoms with Crippen molar-refractivity contribution in [3.63, 3.8) is 0 Å². The molecule has 0 saturated heterocycles. The van der Waals surface area contributed by atoms with Crippen LogP contribution in [0.1, 0.15) is 37.5 Å². The van der Waals surface area contributed by atoms with Crippen LogP contribution in [0.15, 0.2) is 33.3 Å². The van der Waals surface area contributed by atoms with Crippen molar-refractivity contribution in [2.24, 2.45) is 0 Å². The lowest BCUT2D eigenvalue weighted by molar-refractivity contribution is 0.354. The molecule has 1 heterocycles. The van der Waals surface area contributed by atoms with Gasteiger partial charge in [0.1, 0.15) is 0 Å². The van der Waals surface area contributed by atoms with Crippen LogP contribution in [0.3, 0.4) is 0 Å². The van der Waals surface area contributed by atoms with Gasteiger partial charge in [0.15, 0.2) is 5.82 Å². The third-order valence-electron chi connectivity index (χ3n) is 2.98. The molecule has 0 amide bonds. The van der Waals surface area contributed by atoms with Crippen LogP contribution in [0, 0.1) is 0 Å². The van der Waals surface area contributed by atoms with Crippen LogP contribution in [0.2, 0.25) is 0 Å². The van der Waals surface area contributed by atoms with Gasteiger partial charge in [0.05, 0.1) is 6.54 Å². The monoisotopic (exact) mass is 323 g/mol. The predicted molar refractivity (Wildman–Crippen MR) is 77.8 cm³/mol. The van der Waals surface area contributed by atoms with E-state index in [1.54, 1.807) is 0 Å². The largest absolute Gasteiger partial charge is 0.338 e. The first-order valence-electron chi connectivity index (χ1n) is 6.46. The van der Waals surface area contributed by atoms with Crippen LogP contribution in [0.4, 0.5) is 0 Å². The Morgan fingerprint density at radius 2 is 2.26 bits per heavy atom. The molecule has 102 valence electrons. The van der Waals surface area contributed by atoms with E-state index < -0.39 is 0 Å². The molecule has 0 spiro atoms. The molecule has 1 unspecified atom stereocenters. The third kappa shape index (κ3) is 4.44. The number of nitrogens with one attached hydrogen (secondary N) is 1. The van der Waals surface area contributed by atoms with Crippen LogP contribution in [-0.4, -0.2) is 16.2 Å². The summed E-state index contributed by atoms with van der Waals surface area (Å²) < 4.78 is 6.29. The molecule has 2 aromatic rings. The molecule has 1 aromatic heterocycles. The molecule has 0 aliphatic heterocycles. The fourth-order valence-corrected chi connectivity index (χ4v) is 2.12. The summed E-state index contributed by atoms with van der Waals surface area (Å²) in [6.45, 7) is 4.91. The Morgan fingerprint density at radius 1 is 1.42 bits per heavy atom. The van der Waals surface area contributed by atoms with E-state index in [0.717, 1.165) is 22.3 Å². The van der Waals surface area contributed by atoms with Gasteiger partial charge in [-0.15, -0.1) is 0 Å². The summed E-state index contributed by atoms with van der Waals surface area (Å²) in [5.41, 5.74) is 1.16. The quantitative estimate of drug-likeness (QED) is 0.886. The fourth-order valence-electron chi connectivity index (χ4n) is 1.67. The van der Waals surface area contributed by atoms with E-state index in [0.29, 0.717) is 24.9 Å². The second-order valence-electron chi connectivity index (χ2n) is 4.60. The molecule has 0 fully saturated rings. The number of nitrogens with zero attached hydrogens (tertiary/aromatic N) is 2. The molecule has 1 N–H and O–H groups in total. The van der Waals surface area contributed by atoms with E-state index in [2.05, 4.69) is 57.4 Å². The maximum atomic E-state index is 5.23. The Kier molecular flexibility index (Phi) is 5.10. The highest BCUT2D eigenvalue weighted by Gasteiger charge is 2.08. The maximum Gasteiger partial charge on any atom is 0.240 e. The number of aromatic nitrogens is 2. The van der Waals surface area contributed by atoms with Gasteiger partial charge in [0, 0.05) is 16.9 Å². The minimum Gasteiger partial charge on any atom is -0.338 e. The molecule has 4 nitrogen and oxygen atoms in total. The predicted octanol–water partition coefficient (Wildman–Crippen LogP) is 3.31. The zero-order valence-electron chi connectivity index (χ0n) is 11.2. The number of rotatable bonds is 6. The Labute approximate surface area is 121 Å². The van der Waals surface area contributed by atoms with Crippen molar-refractivity contribution in [2.75, 3.05) is 0 Å². The number of hydrogen-bond acceptors (Lipinski definition) is 4. The van der Waals surface area contributed by atoms with Crippen molar-refractivity contribution in [2.45, 2.75) is 39.3 Å². The molecule has 0 aliphatic rings. The SMILES string of the molecule is CCC(C)NCc1nc(Cc2cccc(Br)c2)no1. The van der Waals surface area contributed by atoms with Crippen LogP contribution in [-0.2, 0) is 13.0 Å². The summed E-state index contributed by atoms with van der Waals surface area (Å²) in [5.74, 6) is 1.37. The van der Waals surface area contributed by atoms with Gasteiger partial charge in [-0.3, -0.25) is 0 Å². The van der Waals surface area contributed by atoms with Gasteiger partial charge in [-0.1, -0.05) is 40.1 Å². The van der Waals surface area contributed by atoms with Crippen molar-refractivity contribution >= 4 is 15.9 Å². The van der Waals surface area contributed by atoms with E-state index in [4.69, 9.17) is 4.52 Å². The highest BCUT2D eigenvalue weighted by molar-refractivity contribution is 9.10. The first-order valence-corrected chi connectivity index (χ1v) is 7.26. The first kappa shape index (κ1) is 14.2. The zero-order valence-corrected chi connectivity index (χ0v) is 12.8. The summed E-state index contributed by atoms with van der Waals surface area (Å²) in [6.07, 6.45) is 1.77. The summed E-state index contributed by atoms with van der Waals surface area (Å²) >= 11 is 3.46. The van der Waals surface area contributed by atoms with Crippen LogP contribution < -0.4 is 5.32 Å². The smallest absolute Gasteiger partial charge is 0.240 e. The third-order valence-corrected chi connectivity index (χ3v) is 3.47. The summed E-state index contributed by atoms with van der Waals surface area (Å²) in [4.78, 5) is 4.39. The number of benzene rings is 1. The number of halogens is 1. The van der Waals surface area contributed by atoms with Gasteiger partial charge in [-0.25, -0.2) is 0 Å². The minimum atomic E-state index is 0.459. The van der Waals surface area contributed by atoms with Crippen molar-refractivity contribution in [1.82, 2.24) is 15.5 Å². The fraction of sp³-hybridized carbons (Fsp3) is 0.429. The number of hydrogen-bond donors (Lipinski definition) is 1. The Balaban J connectivity index is 1.94. The molecule has 1 atom stereocenters. The maximum absolute atomic E-state index is 5.23. The lowest BCUT2D eigenvalue weighted by Crippen LogP contribution is -2.24. The highest BCUT2D eigenvalue weighted by atomic mass is 79.9. The normalized spacial score (nSPS) is 12.6. The lowest BCUT2D eigenvalue weighted by atomic mass is 10.1. The molecule has 0 bridgehead atoms. The first-order chi connectivity index (χ1) is 9.17. The van der Waals surface area contributed by atoms with Crippen molar-refractivity contribution < 1.29 is 4.52 Å². The van der Waals surface area contributed by atoms with Crippen LogP contribution in [0.25, 0.3) is 0 Å². The van der Waals surface area contributed by atoms with Gasteiger partial charge in [-0.2, -0.15) is 4.98 Å². The molecule has 19 heavy (non-hydrogen) atoms. The molecule has 2 rings (SSSR count). The van der Waals surface area contributed by atoms with Crippen molar-refractivity contribution in [1.29, 1.82) is 0 Å². The second-order valence-corrected chi connectivity index (χ2v) is 5.52. The lowest BCUT2D eigenvalue weighted by Gasteiger charge is -2.07. The van der Waals surface area contributed by atoms with E-state index in [9.17, 15) is 0 Å². The van der Waals surface area contributed by atoms with Crippen LogP contribution in [0.5, 0.6) is 0 Å². The van der Waals surface area contributed by atoms with Gasteiger partial charge in [-0.05, 0) is 31.0 Å². The minimum absolute atomic E-state index is 0.459. The van der Waals surface area contributed by atoms with E-state index in [1.165, 1.54) is 0 Å². The van der Waals surface area contributed by atoms with E-state index in [1.807, 2.05) is 12.1 Å². The Morgan fingerprint density at radius 3 is 3.00 bits per heavy atom. The Hall–Kier alpha value is -1.20. The highest BCUT2D eigenvalue weighted by Crippen LogP contribution is 2.14. The molecule has 0 radical (unpaired) electrons. The van der Waals surface area contributed by atoms with Gasteiger partial charge in [0.25, 0.3) is 0 Å². The summed E-state index contributed by atoms with van der Waals surface area (Å²) in [5, 5.41) is 7.33. The molecular formula is C14H18BrN3O. The van der Waals surface area contributed by atoms with E-state index >= 15 is 0 Å². The molecular weight excluding hydrogens is 306 g/mol. The van der Waals surface area contributed by atoms with Crippen molar-refractivity contribution in [3.05, 3.63) is 46.0 Å². The molecule has 5 heteroatoms. The average molecular weight is 324 g/mol. The second kappa shape index (κ2) is 6.82. The standard InChI is InChI=1S/C14H18BrN3O/c1-3-10(2)16-9-14-17-13(18-19-14)8-11-5-4-6-12(15)7-11/h4-7,10,16H,3,8-9H2,1-2H3. The van der Waals surface area contributed by atoms with Crippen LogP contribution >= 0.6 is 15.9 Å². The Bertz CT molecular complexity index is 527. The van der Waals surface area contributed by atoms with Gasteiger partial charge < -0.3 is 9.84 Å². The zero-order chi connectivity index (χ0) is 13.7. The average Bonchev–Trinajstić information content (AvgIpc) is 2.83. The molecule has 1 aromatic carbocycles. The topological polar surface area (TPSA) is 51.0 Å². The van der Waals surface area contributed by atoms with Gasteiger partial charge in [0.2, 0.25) is 5.89 Å². The molecule has 0 saturated carbocycles. The van der Waals surface area contributed by atoms with Gasteiger partial charge >= 0.3 is 0 Å². The van der Waals surface area contributed by atoms with E-state index in [-0.39, 0.29) is 0 Å². The molecule has 0 aliphatic carbocycles. The van der Waals surface area contributed by atoms with Crippen molar-refractivity contribution in [3.8, 4) is 0 Å². The summed E-state index contributed by atoms with van der Waals surface area (Å²) in [7, 11) is 0. The summed E-state index contributed by atoms with van der Waals surface area (Å²) in [6, 6.07) is 8.58.